The quantitative estimate of drug-likeness (QED) is 0.190. The molecule has 0 saturated carbocycles. The number of hydrogen-bond donors (Lipinski definition) is 3. The highest BCUT2D eigenvalue weighted by Crippen LogP contribution is 2.30. The molecule has 1 aromatic rings. The molecule has 3 amide bonds. The molecule has 53 heavy (non-hydrogen) atoms. The molecule has 1 aromatic carbocycles. The number of allylic oxidation sites excluding steroid dienone is 4. The Hall–Kier alpha value is -5.18. The van der Waals surface area contributed by atoms with Crippen molar-refractivity contribution in [3.63, 3.8) is 0 Å². The van der Waals surface area contributed by atoms with Crippen LogP contribution in [0.15, 0.2) is 88.8 Å². The van der Waals surface area contributed by atoms with Crippen LogP contribution >= 0.6 is 0 Å². The lowest BCUT2D eigenvalue weighted by atomic mass is 9.85. The fraction of sp³-hybridized carbons (Fsp3) is 0.436. The minimum atomic E-state index is -1.05. The summed E-state index contributed by atoms with van der Waals surface area (Å²) in [6, 6.07) is 8.21. The number of primary amides is 1. The SMILES string of the molecule is CCOCC(=O)O[C@@H]1[C@@H](OC)C[C@H](C)CC2=C(NC(=O)c3ccccc3)C(=O)C=C(NC(=O)/C(C)=C/C=C\[C@H](OC)[C@@H](OC(N)=O)/C(C)=C/[C@@H]1C)C2=O. The fourth-order valence-electron chi connectivity index (χ4n) is 6.04. The van der Waals surface area contributed by atoms with Gasteiger partial charge in [-0.3, -0.25) is 19.2 Å². The van der Waals surface area contributed by atoms with Crippen molar-refractivity contribution in [2.45, 2.75) is 71.9 Å². The van der Waals surface area contributed by atoms with E-state index in [0.29, 0.717) is 5.57 Å². The zero-order chi connectivity index (χ0) is 39.2. The highest BCUT2D eigenvalue weighted by Gasteiger charge is 2.36. The van der Waals surface area contributed by atoms with Gasteiger partial charge in [-0.25, -0.2) is 9.59 Å². The number of carbonyl (C=O) groups is 6. The number of fused-ring (bicyclic) bond motifs is 2. The summed E-state index contributed by atoms with van der Waals surface area (Å²) in [4.78, 5) is 79.0. The Morgan fingerprint density at radius 2 is 1.70 bits per heavy atom. The van der Waals surface area contributed by atoms with Crippen LogP contribution in [0.3, 0.4) is 0 Å². The third-order valence-electron chi connectivity index (χ3n) is 8.72. The lowest BCUT2D eigenvalue weighted by Crippen LogP contribution is -2.41. The molecule has 0 aromatic heterocycles. The number of carbonyl (C=O) groups excluding carboxylic acids is 6. The molecular formula is C39H49N3O11. The molecule has 0 fully saturated rings. The van der Waals surface area contributed by atoms with Crippen molar-refractivity contribution in [1.82, 2.24) is 10.6 Å². The van der Waals surface area contributed by atoms with Crippen molar-refractivity contribution < 1.29 is 52.5 Å². The summed E-state index contributed by atoms with van der Waals surface area (Å²) in [5.41, 5.74) is 5.91. The molecular weight excluding hydrogens is 686 g/mol. The summed E-state index contributed by atoms with van der Waals surface area (Å²) in [5, 5.41) is 5.15. The van der Waals surface area contributed by atoms with Crippen molar-refractivity contribution in [2.75, 3.05) is 27.4 Å². The molecule has 4 N–H and O–H groups in total. The average molecular weight is 736 g/mol. The fourth-order valence-corrected chi connectivity index (χ4v) is 6.04. The van der Waals surface area contributed by atoms with Gasteiger partial charge in [0.05, 0.1) is 17.5 Å². The summed E-state index contributed by atoms with van der Waals surface area (Å²) >= 11 is 0. The summed E-state index contributed by atoms with van der Waals surface area (Å²) in [6.45, 7) is 8.55. The second-order valence-corrected chi connectivity index (χ2v) is 12.9. The highest BCUT2D eigenvalue weighted by atomic mass is 16.6. The van der Waals surface area contributed by atoms with E-state index in [0.717, 1.165) is 6.08 Å². The highest BCUT2D eigenvalue weighted by molar-refractivity contribution is 6.24. The largest absolute Gasteiger partial charge is 0.457 e. The molecule has 0 spiro atoms. The third kappa shape index (κ3) is 11.9. The summed E-state index contributed by atoms with van der Waals surface area (Å²) in [5.74, 6) is -4.18. The van der Waals surface area contributed by atoms with Crippen LogP contribution in [0.5, 0.6) is 0 Å². The van der Waals surface area contributed by atoms with E-state index < -0.39 is 71.7 Å². The molecule has 3 rings (SSSR count). The van der Waals surface area contributed by atoms with E-state index in [9.17, 15) is 28.8 Å². The van der Waals surface area contributed by atoms with Gasteiger partial charge in [-0.05, 0) is 57.2 Å². The Balaban J connectivity index is 2.17. The van der Waals surface area contributed by atoms with Gasteiger partial charge in [0.25, 0.3) is 11.8 Å². The van der Waals surface area contributed by atoms with Gasteiger partial charge in [-0.1, -0.05) is 56.4 Å². The topological polar surface area (TPSA) is 199 Å². The number of rotatable bonds is 9. The Morgan fingerprint density at radius 1 is 1.00 bits per heavy atom. The van der Waals surface area contributed by atoms with Crippen LogP contribution in [-0.2, 0) is 42.9 Å². The molecule has 286 valence electrons. The first-order chi connectivity index (χ1) is 25.2. The number of methoxy groups -OCH3 is 2. The smallest absolute Gasteiger partial charge is 0.405 e. The number of nitrogens with one attached hydrogen (secondary N) is 2. The number of ether oxygens (including phenoxy) is 5. The lowest BCUT2D eigenvalue weighted by molar-refractivity contribution is -0.165. The van der Waals surface area contributed by atoms with Gasteiger partial charge in [0.1, 0.15) is 18.8 Å². The molecule has 1 aliphatic carbocycles. The predicted molar refractivity (Wildman–Crippen MR) is 194 cm³/mol. The second-order valence-electron chi connectivity index (χ2n) is 12.9. The molecule has 2 bridgehead atoms. The maximum absolute atomic E-state index is 14.0. The Morgan fingerprint density at radius 3 is 2.32 bits per heavy atom. The number of hydrogen-bond acceptors (Lipinski definition) is 11. The molecule has 0 saturated heterocycles. The molecule has 14 heteroatoms. The van der Waals surface area contributed by atoms with Gasteiger partial charge in [0.15, 0.2) is 6.10 Å². The maximum atomic E-state index is 14.0. The van der Waals surface area contributed by atoms with E-state index in [-0.39, 0.29) is 54.2 Å². The van der Waals surface area contributed by atoms with Gasteiger partial charge in [-0.2, -0.15) is 0 Å². The Kier molecular flexibility index (Phi) is 16.1. The first-order valence-electron chi connectivity index (χ1n) is 17.2. The van der Waals surface area contributed by atoms with E-state index in [4.69, 9.17) is 29.4 Å². The van der Waals surface area contributed by atoms with Crippen LogP contribution in [0.1, 0.15) is 57.8 Å². The monoisotopic (exact) mass is 735 g/mol. The molecule has 1 aliphatic heterocycles. The summed E-state index contributed by atoms with van der Waals surface area (Å²) < 4.78 is 28.2. The van der Waals surface area contributed by atoms with Crippen LogP contribution in [-0.4, -0.2) is 87.3 Å². The van der Waals surface area contributed by atoms with Crippen molar-refractivity contribution in [1.29, 1.82) is 0 Å². The van der Waals surface area contributed by atoms with Crippen molar-refractivity contribution in [3.05, 3.63) is 94.4 Å². The zero-order valence-electron chi connectivity index (χ0n) is 31.1. The number of esters is 1. The third-order valence-corrected chi connectivity index (χ3v) is 8.72. The number of ketones is 2. The van der Waals surface area contributed by atoms with Gasteiger partial charge >= 0.3 is 12.1 Å². The van der Waals surface area contributed by atoms with E-state index >= 15 is 0 Å². The summed E-state index contributed by atoms with van der Waals surface area (Å²) in [7, 11) is 2.86. The van der Waals surface area contributed by atoms with Crippen molar-refractivity contribution in [3.8, 4) is 0 Å². The van der Waals surface area contributed by atoms with Crippen molar-refractivity contribution in [2.24, 2.45) is 17.6 Å². The normalized spacial score (nSPS) is 27.3. The van der Waals surface area contributed by atoms with Crippen LogP contribution in [0.4, 0.5) is 4.79 Å². The van der Waals surface area contributed by atoms with Gasteiger partial charge in [-0.15, -0.1) is 0 Å². The first kappa shape index (κ1) is 42.2. The maximum Gasteiger partial charge on any atom is 0.405 e. The second kappa shape index (κ2) is 20.2. The number of Topliss-reactive ketones (excluding diaryl/α,β-unsaturated/α-hetero) is 1. The van der Waals surface area contributed by atoms with Gasteiger partial charge < -0.3 is 40.1 Å². The van der Waals surface area contributed by atoms with Crippen LogP contribution in [0.25, 0.3) is 0 Å². The minimum absolute atomic E-state index is 0.0121. The molecule has 0 radical (unpaired) electrons. The first-order valence-corrected chi connectivity index (χ1v) is 17.2. The molecule has 1 heterocycles. The molecule has 6 atom stereocenters. The van der Waals surface area contributed by atoms with Crippen LogP contribution < -0.4 is 16.4 Å². The lowest BCUT2D eigenvalue weighted by Gasteiger charge is -2.32. The summed E-state index contributed by atoms with van der Waals surface area (Å²) in [6.07, 6.45) is 2.85. The predicted octanol–water partition coefficient (Wildman–Crippen LogP) is 3.78. The van der Waals surface area contributed by atoms with Gasteiger partial charge in [0.2, 0.25) is 11.6 Å². The Bertz CT molecular complexity index is 1690. The average Bonchev–Trinajstić information content (AvgIpc) is 3.12. The Labute approximate surface area is 309 Å². The zero-order valence-corrected chi connectivity index (χ0v) is 31.1. The van der Waals surface area contributed by atoms with Crippen LogP contribution in [0.2, 0.25) is 0 Å². The van der Waals surface area contributed by atoms with Crippen molar-refractivity contribution >= 4 is 35.4 Å². The standard InChI is InChI=1S/C39H49N3O11/c1-8-51-21-32(44)52-36-25(5)19-24(4)35(53-39(40)48)30(49-6)16-12-13-23(3)37(46)41-28-20-29(43)33(42-38(47)26-14-10-9-11-15-26)27(34(28)45)17-22(2)18-31(36)50-7/h9-16,19-20,22,25,30-31,35-36H,8,17-18,21H2,1-7H3,(H2,40,48)(H,41,46)(H,42,47)/b16-12-,23-13+,24-19+/t22-,25+,30+,31+,35+,36+/m1/s1. The van der Waals surface area contributed by atoms with Gasteiger partial charge in [0, 0.05) is 49.5 Å². The van der Waals surface area contributed by atoms with Crippen LogP contribution in [0, 0.1) is 11.8 Å². The van der Waals surface area contributed by atoms with E-state index in [2.05, 4.69) is 10.6 Å². The molecule has 0 unspecified atom stereocenters. The van der Waals surface area contributed by atoms with E-state index in [1.165, 1.54) is 33.3 Å². The van der Waals surface area contributed by atoms with E-state index in [1.807, 2.05) is 6.92 Å². The van der Waals surface area contributed by atoms with E-state index in [1.54, 1.807) is 63.3 Å². The minimum Gasteiger partial charge on any atom is -0.457 e. The molecule has 2 aliphatic rings. The number of nitrogens with two attached hydrogens (primary N) is 1. The number of amides is 3. The molecule has 14 nitrogen and oxygen atoms in total. The number of benzene rings is 1.